The second-order valence-corrected chi connectivity index (χ2v) is 9.09. The molecule has 1 N–H and O–H groups in total. The molecule has 0 bridgehead atoms. The highest BCUT2D eigenvalue weighted by atomic mass is 35.5. The Kier molecular flexibility index (Phi) is 12.8. The number of hydrogen-bond acceptors (Lipinski definition) is 6. The van der Waals surface area contributed by atoms with Crippen LogP contribution >= 0.6 is 24.8 Å². The summed E-state index contributed by atoms with van der Waals surface area (Å²) in [5.74, 6) is 0.199. The summed E-state index contributed by atoms with van der Waals surface area (Å²) in [6.45, 7) is 9.05. The summed E-state index contributed by atoms with van der Waals surface area (Å²) in [4.78, 5) is 46.2. The van der Waals surface area contributed by atoms with E-state index in [1.54, 1.807) is 43.1 Å². The maximum Gasteiger partial charge on any atom is 0.242 e. The SMILES string of the molecule is CCN1C(=O)C(C)(C)C(=O)N(C)c2cc(OCCCN(CCNC=O)Cc3ccncc3)ccc21.Cl.Cl. The van der Waals surface area contributed by atoms with Crippen molar-refractivity contribution in [2.45, 2.75) is 33.7 Å². The molecule has 0 spiro atoms. The number of halogens is 2. The van der Waals surface area contributed by atoms with E-state index in [2.05, 4.69) is 15.2 Å². The van der Waals surface area contributed by atoms with Gasteiger partial charge in [-0.1, -0.05) is 0 Å². The van der Waals surface area contributed by atoms with E-state index in [0.717, 1.165) is 31.6 Å². The van der Waals surface area contributed by atoms with Gasteiger partial charge in [0.15, 0.2) is 0 Å². The predicted octanol–water partition coefficient (Wildman–Crippen LogP) is 3.30. The fourth-order valence-corrected chi connectivity index (χ4v) is 4.25. The largest absolute Gasteiger partial charge is 0.493 e. The smallest absolute Gasteiger partial charge is 0.242 e. The summed E-state index contributed by atoms with van der Waals surface area (Å²) in [6, 6.07) is 9.48. The van der Waals surface area contributed by atoms with Crippen LogP contribution in [0.25, 0.3) is 0 Å². The van der Waals surface area contributed by atoms with Gasteiger partial charge in [0.2, 0.25) is 18.2 Å². The fraction of sp³-hybridized carbons (Fsp3) is 0.462. The number of carbonyl (C=O) groups excluding carboxylic acids is 3. The van der Waals surface area contributed by atoms with E-state index < -0.39 is 5.41 Å². The first-order chi connectivity index (χ1) is 16.8. The molecule has 9 nitrogen and oxygen atoms in total. The molecule has 1 aromatic carbocycles. The summed E-state index contributed by atoms with van der Waals surface area (Å²) in [6.07, 6.45) is 5.04. The molecule has 3 rings (SSSR count). The molecule has 2 aromatic rings. The van der Waals surface area contributed by atoms with Crippen LogP contribution in [-0.2, 0) is 20.9 Å². The van der Waals surface area contributed by atoms with Crippen LogP contribution in [0, 0.1) is 5.41 Å². The topological polar surface area (TPSA) is 95.1 Å². The van der Waals surface area contributed by atoms with Crippen molar-refractivity contribution < 1.29 is 19.1 Å². The van der Waals surface area contributed by atoms with Crippen LogP contribution in [0.5, 0.6) is 5.75 Å². The van der Waals surface area contributed by atoms with Crippen molar-refractivity contribution in [2.24, 2.45) is 5.41 Å². The Hall–Kier alpha value is -2.88. The van der Waals surface area contributed by atoms with Gasteiger partial charge in [-0.05, 0) is 57.0 Å². The Morgan fingerprint density at radius 1 is 1.05 bits per heavy atom. The first-order valence-corrected chi connectivity index (χ1v) is 11.9. The van der Waals surface area contributed by atoms with E-state index in [4.69, 9.17) is 4.74 Å². The molecule has 11 heteroatoms. The quantitative estimate of drug-likeness (QED) is 0.246. The molecule has 1 aromatic heterocycles. The van der Waals surface area contributed by atoms with Crippen molar-refractivity contribution >= 4 is 54.4 Å². The fourth-order valence-electron chi connectivity index (χ4n) is 4.25. The predicted molar refractivity (Wildman–Crippen MR) is 150 cm³/mol. The van der Waals surface area contributed by atoms with Crippen LogP contribution in [0.2, 0.25) is 0 Å². The van der Waals surface area contributed by atoms with E-state index in [0.29, 0.717) is 43.2 Å². The number of benzene rings is 1. The number of pyridine rings is 1. The number of aromatic nitrogens is 1. The summed E-state index contributed by atoms with van der Waals surface area (Å²) in [5, 5.41) is 2.71. The molecule has 1 aliphatic heterocycles. The lowest BCUT2D eigenvalue weighted by molar-refractivity contribution is -0.137. The number of carbonyl (C=O) groups is 3. The minimum atomic E-state index is -1.14. The normalized spacial score (nSPS) is 14.3. The van der Waals surface area contributed by atoms with Crippen LogP contribution in [0.3, 0.4) is 0 Å². The molecule has 0 atom stereocenters. The van der Waals surface area contributed by atoms with Gasteiger partial charge in [-0.25, -0.2) is 0 Å². The first-order valence-electron chi connectivity index (χ1n) is 11.9. The number of anilines is 2. The summed E-state index contributed by atoms with van der Waals surface area (Å²) in [5.41, 5.74) is 1.38. The van der Waals surface area contributed by atoms with E-state index in [-0.39, 0.29) is 36.6 Å². The average Bonchev–Trinajstić information content (AvgIpc) is 2.91. The molecular weight excluding hydrogens is 517 g/mol. The van der Waals surface area contributed by atoms with Crippen molar-refractivity contribution in [3.8, 4) is 5.75 Å². The number of ether oxygens (including phenoxy) is 1. The number of amides is 3. The number of rotatable bonds is 12. The van der Waals surface area contributed by atoms with Crippen LogP contribution in [-0.4, -0.2) is 67.9 Å². The third-order valence-electron chi connectivity index (χ3n) is 6.23. The molecule has 0 radical (unpaired) electrons. The minimum absolute atomic E-state index is 0. The highest BCUT2D eigenvalue weighted by molar-refractivity contribution is 6.20. The summed E-state index contributed by atoms with van der Waals surface area (Å²) < 4.78 is 6.02. The van der Waals surface area contributed by atoms with Gasteiger partial charge >= 0.3 is 0 Å². The maximum absolute atomic E-state index is 13.0. The van der Waals surface area contributed by atoms with Crippen molar-refractivity contribution in [1.82, 2.24) is 15.2 Å². The molecular formula is C26H37Cl2N5O4. The van der Waals surface area contributed by atoms with Crippen molar-refractivity contribution in [3.05, 3.63) is 48.3 Å². The van der Waals surface area contributed by atoms with Crippen molar-refractivity contribution in [3.63, 3.8) is 0 Å². The van der Waals surface area contributed by atoms with E-state index in [1.165, 1.54) is 0 Å². The molecule has 0 saturated heterocycles. The highest BCUT2D eigenvalue weighted by Gasteiger charge is 2.45. The summed E-state index contributed by atoms with van der Waals surface area (Å²) in [7, 11) is 1.70. The van der Waals surface area contributed by atoms with Crippen molar-refractivity contribution in [2.75, 3.05) is 49.6 Å². The maximum atomic E-state index is 13.0. The third kappa shape index (κ3) is 7.80. The second-order valence-electron chi connectivity index (χ2n) is 9.09. The highest BCUT2D eigenvalue weighted by Crippen LogP contribution is 2.40. The van der Waals surface area contributed by atoms with Gasteiger partial charge in [0.25, 0.3) is 0 Å². The van der Waals surface area contributed by atoms with Gasteiger partial charge in [0.05, 0.1) is 18.0 Å². The van der Waals surface area contributed by atoms with Crippen molar-refractivity contribution in [1.29, 1.82) is 0 Å². The van der Waals surface area contributed by atoms with E-state index in [1.807, 2.05) is 37.3 Å². The minimum Gasteiger partial charge on any atom is -0.493 e. The lowest BCUT2D eigenvalue weighted by Gasteiger charge is -2.27. The molecule has 0 fully saturated rings. The Labute approximate surface area is 231 Å². The monoisotopic (exact) mass is 553 g/mol. The molecule has 0 unspecified atom stereocenters. The third-order valence-corrected chi connectivity index (χ3v) is 6.23. The molecule has 204 valence electrons. The molecule has 2 heterocycles. The number of nitrogens with zero attached hydrogens (tertiary/aromatic N) is 4. The number of fused-ring (bicyclic) bond motifs is 1. The zero-order valence-electron chi connectivity index (χ0n) is 21.8. The molecule has 3 amide bonds. The van der Waals surface area contributed by atoms with Gasteiger partial charge < -0.3 is 19.9 Å². The Morgan fingerprint density at radius 2 is 1.76 bits per heavy atom. The van der Waals surface area contributed by atoms with Gasteiger partial charge in [0.1, 0.15) is 11.2 Å². The molecule has 0 saturated carbocycles. The lowest BCUT2D eigenvalue weighted by atomic mass is 9.90. The molecule has 0 aliphatic carbocycles. The van der Waals surface area contributed by atoms with Gasteiger partial charge in [-0.2, -0.15) is 0 Å². The van der Waals surface area contributed by atoms with Crippen LogP contribution in [0.4, 0.5) is 11.4 Å². The molecule has 1 aliphatic rings. The Morgan fingerprint density at radius 3 is 2.41 bits per heavy atom. The Bertz CT molecular complexity index is 1040. The van der Waals surface area contributed by atoms with Gasteiger partial charge in [-0.3, -0.25) is 24.3 Å². The van der Waals surface area contributed by atoms with Gasteiger partial charge in [-0.15, -0.1) is 24.8 Å². The van der Waals surface area contributed by atoms with Gasteiger partial charge in [0, 0.05) is 58.2 Å². The number of nitrogens with one attached hydrogen (secondary N) is 1. The second kappa shape index (κ2) is 14.8. The first kappa shape index (κ1) is 32.1. The van der Waals surface area contributed by atoms with Crippen LogP contribution in [0.1, 0.15) is 32.8 Å². The van der Waals surface area contributed by atoms with Crippen LogP contribution in [0.15, 0.2) is 42.7 Å². The standard InChI is InChI=1S/C26H35N5O4.2ClH/c1-5-31-22-8-7-21(17-23(22)29(4)24(33)26(2,3)25(31)34)35-16-6-14-30(15-13-28-19-32)18-20-9-11-27-12-10-20;;/h7-12,17,19H,5-6,13-16,18H2,1-4H3,(H,28,32);2*1H. The van der Waals surface area contributed by atoms with E-state index >= 15 is 0 Å². The zero-order chi connectivity index (χ0) is 25.4. The van der Waals surface area contributed by atoms with Crippen LogP contribution < -0.4 is 19.9 Å². The Balaban J connectivity index is 0.00000342. The molecule has 37 heavy (non-hydrogen) atoms. The number of hydrogen-bond donors (Lipinski definition) is 1. The lowest BCUT2D eigenvalue weighted by Crippen LogP contribution is -2.47. The average molecular weight is 555 g/mol. The van der Waals surface area contributed by atoms with E-state index in [9.17, 15) is 14.4 Å². The summed E-state index contributed by atoms with van der Waals surface area (Å²) >= 11 is 0. The zero-order valence-corrected chi connectivity index (χ0v) is 23.4.